The predicted octanol–water partition coefficient (Wildman–Crippen LogP) is 2.73. The summed E-state index contributed by atoms with van der Waals surface area (Å²) >= 11 is 0. The Morgan fingerprint density at radius 3 is 2.67 bits per heavy atom. The van der Waals surface area contributed by atoms with Gasteiger partial charge in [-0.15, -0.1) is 0 Å². The second-order valence-electron chi connectivity index (χ2n) is 4.53. The Morgan fingerprint density at radius 2 is 2.20 bits per heavy atom. The largest absolute Gasteiger partial charge is 0.496 e. The summed E-state index contributed by atoms with van der Waals surface area (Å²) in [5.74, 6) is 0.957. The zero-order valence-corrected chi connectivity index (χ0v) is 9.67. The van der Waals surface area contributed by atoms with Crippen LogP contribution in [0.2, 0.25) is 0 Å². The second-order valence-corrected chi connectivity index (χ2v) is 4.53. The Hall–Kier alpha value is -1.02. The molecular formula is C13H18O2. The minimum atomic E-state index is 0.0705. The van der Waals surface area contributed by atoms with Crippen LogP contribution in [0.4, 0.5) is 0 Å². The molecule has 2 heteroatoms. The highest BCUT2D eigenvalue weighted by Crippen LogP contribution is 2.30. The molecule has 2 rings (SSSR count). The molecule has 0 radical (unpaired) electrons. The van der Waals surface area contributed by atoms with Crippen molar-refractivity contribution in [2.24, 2.45) is 0 Å². The molecule has 0 bridgehead atoms. The van der Waals surface area contributed by atoms with Crippen LogP contribution in [-0.2, 0) is 11.2 Å². The Morgan fingerprint density at radius 1 is 1.47 bits per heavy atom. The topological polar surface area (TPSA) is 18.5 Å². The first-order chi connectivity index (χ1) is 7.13. The maximum absolute atomic E-state index is 5.59. The van der Waals surface area contributed by atoms with E-state index in [9.17, 15) is 0 Å². The Bertz CT molecular complexity index is 354. The summed E-state index contributed by atoms with van der Waals surface area (Å²) in [5.41, 5.74) is 2.59. The summed E-state index contributed by atoms with van der Waals surface area (Å²) in [6.07, 6.45) is 2.16. The Labute approximate surface area is 91.2 Å². The van der Waals surface area contributed by atoms with E-state index in [0.717, 1.165) is 25.2 Å². The molecule has 1 aliphatic heterocycles. The van der Waals surface area contributed by atoms with Crippen LogP contribution in [0.1, 0.15) is 24.5 Å². The van der Waals surface area contributed by atoms with Crippen LogP contribution in [0.5, 0.6) is 5.75 Å². The summed E-state index contributed by atoms with van der Waals surface area (Å²) in [5, 5.41) is 0. The van der Waals surface area contributed by atoms with Gasteiger partial charge in [-0.1, -0.05) is 12.1 Å². The lowest BCUT2D eigenvalue weighted by Gasteiger charge is -2.38. The second kappa shape index (κ2) is 3.86. The van der Waals surface area contributed by atoms with Crippen LogP contribution >= 0.6 is 0 Å². The maximum atomic E-state index is 5.59. The number of rotatable bonds is 3. The number of hydrogen-bond acceptors (Lipinski definition) is 2. The highest BCUT2D eigenvalue weighted by molar-refractivity contribution is 5.36. The third-order valence-electron chi connectivity index (χ3n) is 3.12. The van der Waals surface area contributed by atoms with Gasteiger partial charge in [-0.05, 0) is 37.5 Å². The van der Waals surface area contributed by atoms with Crippen molar-refractivity contribution in [3.8, 4) is 5.75 Å². The molecule has 1 aromatic carbocycles. The lowest BCUT2D eigenvalue weighted by Crippen LogP contribution is -2.42. The molecule has 0 spiro atoms. The van der Waals surface area contributed by atoms with Crippen LogP contribution in [0.15, 0.2) is 18.2 Å². The SMILES string of the molecule is COc1ccc(CC2(C)CCO2)cc1C. The van der Waals surface area contributed by atoms with Crippen molar-refractivity contribution in [3.05, 3.63) is 29.3 Å². The third-order valence-corrected chi connectivity index (χ3v) is 3.12. The summed E-state index contributed by atoms with van der Waals surface area (Å²) < 4.78 is 10.8. The molecule has 15 heavy (non-hydrogen) atoms. The summed E-state index contributed by atoms with van der Waals surface area (Å²) in [7, 11) is 1.71. The number of hydrogen-bond donors (Lipinski definition) is 0. The summed E-state index contributed by atoms with van der Waals surface area (Å²) in [4.78, 5) is 0. The fourth-order valence-electron chi connectivity index (χ4n) is 2.07. The molecule has 1 aromatic rings. The smallest absolute Gasteiger partial charge is 0.121 e. The first-order valence-corrected chi connectivity index (χ1v) is 5.40. The number of benzene rings is 1. The zero-order valence-electron chi connectivity index (χ0n) is 9.67. The van der Waals surface area contributed by atoms with E-state index in [2.05, 4.69) is 26.0 Å². The van der Waals surface area contributed by atoms with Crippen LogP contribution in [0, 0.1) is 6.92 Å². The normalized spacial score (nSPS) is 24.7. The first kappa shape index (κ1) is 10.5. The molecule has 0 N–H and O–H groups in total. The van der Waals surface area contributed by atoms with Crippen molar-refractivity contribution in [3.63, 3.8) is 0 Å². The third kappa shape index (κ3) is 2.15. The molecule has 0 aromatic heterocycles. The van der Waals surface area contributed by atoms with Crippen molar-refractivity contribution in [1.82, 2.24) is 0 Å². The zero-order chi connectivity index (χ0) is 10.9. The molecule has 1 heterocycles. The average molecular weight is 206 g/mol. The van der Waals surface area contributed by atoms with Gasteiger partial charge < -0.3 is 9.47 Å². The average Bonchev–Trinajstić information content (AvgIpc) is 2.16. The van der Waals surface area contributed by atoms with Crippen molar-refractivity contribution in [2.45, 2.75) is 32.3 Å². The molecule has 1 saturated heterocycles. The standard InChI is InChI=1S/C13H18O2/c1-10-8-11(4-5-12(10)14-3)9-13(2)6-7-15-13/h4-5,8H,6-7,9H2,1-3H3. The Balaban J connectivity index is 2.12. The Kier molecular flexibility index (Phi) is 2.70. The van der Waals surface area contributed by atoms with Crippen molar-refractivity contribution < 1.29 is 9.47 Å². The molecule has 0 saturated carbocycles. The fourth-order valence-corrected chi connectivity index (χ4v) is 2.07. The van der Waals surface area contributed by atoms with Gasteiger partial charge in [0.1, 0.15) is 5.75 Å². The first-order valence-electron chi connectivity index (χ1n) is 5.40. The van der Waals surface area contributed by atoms with E-state index in [4.69, 9.17) is 9.47 Å². The number of ether oxygens (including phenoxy) is 2. The molecule has 82 valence electrons. The van der Waals surface area contributed by atoms with Gasteiger partial charge in [0.25, 0.3) is 0 Å². The van der Waals surface area contributed by atoms with Gasteiger partial charge in [0, 0.05) is 6.42 Å². The quantitative estimate of drug-likeness (QED) is 0.757. The van der Waals surface area contributed by atoms with Gasteiger partial charge in [0.2, 0.25) is 0 Å². The van der Waals surface area contributed by atoms with Crippen LogP contribution in [-0.4, -0.2) is 19.3 Å². The van der Waals surface area contributed by atoms with Crippen LogP contribution in [0.25, 0.3) is 0 Å². The van der Waals surface area contributed by atoms with E-state index < -0.39 is 0 Å². The van der Waals surface area contributed by atoms with E-state index in [1.807, 2.05) is 6.07 Å². The minimum absolute atomic E-state index is 0.0705. The molecule has 1 fully saturated rings. The van der Waals surface area contributed by atoms with Crippen molar-refractivity contribution in [1.29, 1.82) is 0 Å². The number of methoxy groups -OCH3 is 1. The lowest BCUT2D eigenvalue weighted by molar-refractivity contribution is -0.132. The van der Waals surface area contributed by atoms with E-state index in [-0.39, 0.29) is 5.60 Å². The van der Waals surface area contributed by atoms with Crippen molar-refractivity contribution in [2.75, 3.05) is 13.7 Å². The highest BCUT2D eigenvalue weighted by atomic mass is 16.5. The van der Waals surface area contributed by atoms with E-state index in [1.165, 1.54) is 11.1 Å². The van der Waals surface area contributed by atoms with Gasteiger partial charge in [0.15, 0.2) is 0 Å². The van der Waals surface area contributed by atoms with E-state index in [1.54, 1.807) is 7.11 Å². The van der Waals surface area contributed by atoms with E-state index in [0.29, 0.717) is 0 Å². The predicted molar refractivity (Wildman–Crippen MR) is 60.4 cm³/mol. The van der Waals surface area contributed by atoms with Crippen LogP contribution < -0.4 is 4.74 Å². The molecule has 0 aliphatic carbocycles. The highest BCUT2D eigenvalue weighted by Gasteiger charge is 2.33. The van der Waals surface area contributed by atoms with Gasteiger partial charge in [0.05, 0.1) is 19.3 Å². The minimum Gasteiger partial charge on any atom is -0.496 e. The van der Waals surface area contributed by atoms with Gasteiger partial charge >= 0.3 is 0 Å². The molecule has 2 nitrogen and oxygen atoms in total. The van der Waals surface area contributed by atoms with Gasteiger partial charge in [-0.3, -0.25) is 0 Å². The molecule has 1 aliphatic rings. The molecular weight excluding hydrogens is 188 g/mol. The van der Waals surface area contributed by atoms with Crippen LogP contribution in [0.3, 0.4) is 0 Å². The maximum Gasteiger partial charge on any atom is 0.121 e. The summed E-state index contributed by atoms with van der Waals surface area (Å²) in [6, 6.07) is 6.34. The molecule has 1 unspecified atom stereocenters. The lowest BCUT2D eigenvalue weighted by atomic mass is 9.89. The fraction of sp³-hybridized carbons (Fsp3) is 0.538. The molecule has 1 atom stereocenters. The van der Waals surface area contributed by atoms with Gasteiger partial charge in [-0.25, -0.2) is 0 Å². The number of aryl methyl sites for hydroxylation is 1. The summed E-state index contributed by atoms with van der Waals surface area (Å²) in [6.45, 7) is 5.16. The van der Waals surface area contributed by atoms with Crippen molar-refractivity contribution >= 4 is 0 Å². The monoisotopic (exact) mass is 206 g/mol. The van der Waals surface area contributed by atoms with Gasteiger partial charge in [-0.2, -0.15) is 0 Å². The molecule has 0 amide bonds. The van der Waals surface area contributed by atoms with E-state index >= 15 is 0 Å².